The molecule has 0 unspecified atom stereocenters. The summed E-state index contributed by atoms with van der Waals surface area (Å²) in [5.74, 6) is 0.144. The van der Waals surface area contributed by atoms with Crippen LogP contribution in [-0.4, -0.2) is 31.4 Å². The Bertz CT molecular complexity index is 463. The van der Waals surface area contributed by atoms with Gasteiger partial charge in [0.15, 0.2) is 0 Å². The minimum atomic E-state index is -0.735. The van der Waals surface area contributed by atoms with Crippen molar-refractivity contribution in [3.63, 3.8) is 0 Å². The van der Waals surface area contributed by atoms with E-state index in [1.807, 2.05) is 13.0 Å². The number of rotatable bonds is 6. The summed E-state index contributed by atoms with van der Waals surface area (Å²) < 4.78 is 10.6. The van der Waals surface area contributed by atoms with Gasteiger partial charge in [0.2, 0.25) is 0 Å². The lowest BCUT2D eigenvalue weighted by Gasteiger charge is -2.42. The highest BCUT2D eigenvalue weighted by Gasteiger charge is 2.40. The Labute approximate surface area is 113 Å². The molecule has 104 valence electrons. The first kappa shape index (κ1) is 13.9. The number of benzene rings is 1. The predicted molar refractivity (Wildman–Crippen MR) is 71.7 cm³/mol. The molecule has 2 rings (SSSR count). The number of hydrogen-bond donors (Lipinski definition) is 1. The van der Waals surface area contributed by atoms with E-state index in [1.54, 1.807) is 7.11 Å². The molecule has 1 aliphatic rings. The van der Waals surface area contributed by atoms with Crippen molar-refractivity contribution in [3.8, 4) is 5.75 Å². The van der Waals surface area contributed by atoms with Gasteiger partial charge in [-0.1, -0.05) is 12.1 Å². The van der Waals surface area contributed by atoms with Crippen molar-refractivity contribution in [2.45, 2.75) is 31.6 Å². The van der Waals surface area contributed by atoms with Crippen LogP contribution >= 0.6 is 0 Å². The van der Waals surface area contributed by atoms with Gasteiger partial charge >= 0.3 is 5.97 Å². The van der Waals surface area contributed by atoms with Crippen molar-refractivity contribution < 1.29 is 19.4 Å². The van der Waals surface area contributed by atoms with E-state index in [1.165, 1.54) is 5.56 Å². The van der Waals surface area contributed by atoms with E-state index < -0.39 is 5.97 Å². The molecule has 0 bridgehead atoms. The second kappa shape index (κ2) is 5.61. The van der Waals surface area contributed by atoms with E-state index in [0.717, 1.165) is 17.7 Å². The summed E-state index contributed by atoms with van der Waals surface area (Å²) in [6.07, 6.45) is 1.76. The number of aliphatic carboxylic acids is 1. The molecule has 1 heterocycles. The fraction of sp³-hybridized carbons (Fsp3) is 0.533. The molecule has 1 aromatic rings. The number of aryl methyl sites for hydroxylation is 1. The molecule has 4 heteroatoms. The maximum absolute atomic E-state index is 10.6. The molecule has 0 radical (unpaired) electrons. The molecular weight excluding hydrogens is 244 g/mol. The minimum Gasteiger partial charge on any atom is -0.496 e. The molecule has 0 spiro atoms. The number of hydrogen-bond acceptors (Lipinski definition) is 3. The summed E-state index contributed by atoms with van der Waals surface area (Å²) in [7, 11) is 1.66. The number of carboxylic acid groups (broad SMARTS) is 1. The fourth-order valence-corrected chi connectivity index (χ4v) is 2.59. The van der Waals surface area contributed by atoms with Gasteiger partial charge in [0.25, 0.3) is 0 Å². The van der Waals surface area contributed by atoms with Crippen LogP contribution < -0.4 is 4.74 Å². The van der Waals surface area contributed by atoms with E-state index >= 15 is 0 Å². The van der Waals surface area contributed by atoms with Crippen molar-refractivity contribution in [1.82, 2.24) is 0 Å². The zero-order valence-corrected chi connectivity index (χ0v) is 11.4. The molecule has 1 fully saturated rings. The van der Waals surface area contributed by atoms with Crippen molar-refractivity contribution in [2.24, 2.45) is 0 Å². The molecule has 1 aliphatic heterocycles. The molecule has 1 aromatic carbocycles. The van der Waals surface area contributed by atoms with Crippen molar-refractivity contribution in [3.05, 3.63) is 29.3 Å². The molecule has 4 nitrogen and oxygen atoms in total. The lowest BCUT2D eigenvalue weighted by atomic mass is 9.74. The molecule has 0 aliphatic carbocycles. The number of carbonyl (C=O) groups is 1. The van der Waals surface area contributed by atoms with Crippen molar-refractivity contribution in [1.29, 1.82) is 0 Å². The largest absolute Gasteiger partial charge is 0.496 e. The Morgan fingerprint density at radius 1 is 1.47 bits per heavy atom. The number of carboxylic acids is 1. The van der Waals surface area contributed by atoms with Crippen LogP contribution in [-0.2, 0) is 14.9 Å². The lowest BCUT2D eigenvalue weighted by Crippen LogP contribution is -2.46. The first-order valence-corrected chi connectivity index (χ1v) is 6.52. The highest BCUT2D eigenvalue weighted by molar-refractivity contribution is 5.66. The molecule has 0 saturated carbocycles. The first-order valence-electron chi connectivity index (χ1n) is 6.52. The maximum atomic E-state index is 10.6. The topological polar surface area (TPSA) is 55.8 Å². The Morgan fingerprint density at radius 2 is 2.21 bits per heavy atom. The Hall–Kier alpha value is -1.55. The summed E-state index contributed by atoms with van der Waals surface area (Å²) >= 11 is 0. The average Bonchev–Trinajstić information content (AvgIpc) is 2.32. The van der Waals surface area contributed by atoms with Gasteiger partial charge < -0.3 is 14.6 Å². The third kappa shape index (κ3) is 2.89. The Kier molecular flexibility index (Phi) is 4.10. The second-order valence-corrected chi connectivity index (χ2v) is 5.20. The Morgan fingerprint density at radius 3 is 2.68 bits per heavy atom. The van der Waals surface area contributed by atoms with E-state index in [9.17, 15) is 4.79 Å². The molecular formula is C15H20O4. The zero-order valence-electron chi connectivity index (χ0n) is 11.4. The summed E-state index contributed by atoms with van der Waals surface area (Å²) in [6.45, 7) is 3.38. The first-order chi connectivity index (χ1) is 9.07. The standard InChI is InChI=1S/C15H20O4/c1-11-8-12(5-6-13(11)18-2)15(9-19-10-15)7-3-4-14(16)17/h5-6,8H,3-4,7,9-10H2,1-2H3,(H,16,17). The van der Waals surface area contributed by atoms with Crippen LogP contribution in [0.4, 0.5) is 0 Å². The quantitative estimate of drug-likeness (QED) is 0.857. The maximum Gasteiger partial charge on any atom is 0.303 e. The molecule has 19 heavy (non-hydrogen) atoms. The Balaban J connectivity index is 2.12. The van der Waals surface area contributed by atoms with Gasteiger partial charge in [0, 0.05) is 11.8 Å². The lowest BCUT2D eigenvalue weighted by molar-refractivity contribution is -0.137. The summed E-state index contributed by atoms with van der Waals surface area (Å²) in [5, 5.41) is 8.74. The second-order valence-electron chi connectivity index (χ2n) is 5.20. The van der Waals surface area contributed by atoms with Gasteiger partial charge in [0.1, 0.15) is 5.75 Å². The van der Waals surface area contributed by atoms with E-state index in [0.29, 0.717) is 19.6 Å². The van der Waals surface area contributed by atoms with Crippen LogP contribution in [0.3, 0.4) is 0 Å². The van der Waals surface area contributed by atoms with Crippen molar-refractivity contribution in [2.75, 3.05) is 20.3 Å². The molecule has 0 atom stereocenters. The van der Waals surface area contributed by atoms with Gasteiger partial charge in [-0.15, -0.1) is 0 Å². The minimum absolute atomic E-state index is 0.00746. The van der Waals surface area contributed by atoms with E-state index in [4.69, 9.17) is 14.6 Å². The van der Waals surface area contributed by atoms with Crippen LogP contribution in [0.2, 0.25) is 0 Å². The third-order valence-corrected chi connectivity index (χ3v) is 3.81. The van der Waals surface area contributed by atoms with Crippen molar-refractivity contribution >= 4 is 5.97 Å². The van der Waals surface area contributed by atoms with Gasteiger partial charge in [-0.2, -0.15) is 0 Å². The normalized spacial score (nSPS) is 16.7. The van der Waals surface area contributed by atoms with Gasteiger partial charge in [-0.3, -0.25) is 4.79 Å². The monoisotopic (exact) mass is 264 g/mol. The molecule has 0 amide bonds. The van der Waals surface area contributed by atoms with Crippen LogP contribution in [0.5, 0.6) is 5.75 Å². The third-order valence-electron chi connectivity index (χ3n) is 3.81. The summed E-state index contributed by atoms with van der Waals surface area (Å²) in [5.41, 5.74) is 2.32. The molecule has 1 N–H and O–H groups in total. The van der Waals surface area contributed by atoms with Gasteiger partial charge in [0.05, 0.1) is 20.3 Å². The summed E-state index contributed by atoms with van der Waals surface area (Å²) in [4.78, 5) is 10.6. The molecule has 1 saturated heterocycles. The van der Waals surface area contributed by atoms with Crippen LogP contribution in [0, 0.1) is 6.92 Å². The fourth-order valence-electron chi connectivity index (χ4n) is 2.59. The zero-order chi connectivity index (χ0) is 13.9. The van der Waals surface area contributed by atoms with Crippen LogP contribution in [0.1, 0.15) is 30.4 Å². The summed E-state index contributed by atoms with van der Waals surface area (Å²) in [6, 6.07) is 6.17. The predicted octanol–water partition coefficient (Wildman–Crippen LogP) is 2.53. The van der Waals surface area contributed by atoms with Crippen LogP contribution in [0.15, 0.2) is 18.2 Å². The van der Waals surface area contributed by atoms with E-state index in [2.05, 4.69) is 12.1 Å². The van der Waals surface area contributed by atoms with E-state index in [-0.39, 0.29) is 11.8 Å². The van der Waals surface area contributed by atoms with Gasteiger partial charge in [-0.05, 0) is 37.0 Å². The highest BCUT2D eigenvalue weighted by Crippen LogP contribution is 2.38. The highest BCUT2D eigenvalue weighted by atomic mass is 16.5. The SMILES string of the molecule is COc1ccc(C2(CCCC(=O)O)COC2)cc1C. The number of methoxy groups -OCH3 is 1. The van der Waals surface area contributed by atoms with Gasteiger partial charge in [-0.25, -0.2) is 0 Å². The number of ether oxygens (including phenoxy) is 2. The van der Waals surface area contributed by atoms with Crippen LogP contribution in [0.25, 0.3) is 0 Å². The average molecular weight is 264 g/mol. The molecule has 0 aromatic heterocycles. The smallest absolute Gasteiger partial charge is 0.303 e.